The van der Waals surface area contributed by atoms with Gasteiger partial charge < -0.3 is 9.47 Å². The van der Waals surface area contributed by atoms with Gasteiger partial charge in [0.25, 0.3) is 5.91 Å². The second-order valence-corrected chi connectivity index (χ2v) is 7.71. The molecular formula is C24H25N5O6. The van der Waals surface area contributed by atoms with Crippen molar-refractivity contribution in [3.63, 3.8) is 0 Å². The molecule has 3 aromatic rings. The van der Waals surface area contributed by atoms with Crippen LogP contribution in [0.4, 0.5) is 5.69 Å². The molecule has 0 radical (unpaired) electrons. The molecule has 0 saturated carbocycles. The van der Waals surface area contributed by atoms with Gasteiger partial charge in [-0.25, -0.2) is 10.2 Å². The molecule has 1 unspecified atom stereocenters. The van der Waals surface area contributed by atoms with Gasteiger partial charge in [-0.15, -0.1) is 0 Å². The van der Waals surface area contributed by atoms with Crippen molar-refractivity contribution in [1.82, 2.24) is 15.2 Å². The van der Waals surface area contributed by atoms with Crippen LogP contribution in [0.2, 0.25) is 0 Å². The third kappa shape index (κ3) is 5.69. The van der Waals surface area contributed by atoms with E-state index >= 15 is 0 Å². The number of hydrazone groups is 1. The number of nitrogens with one attached hydrogen (secondary N) is 1. The molecule has 2 aromatic carbocycles. The molecule has 0 aliphatic carbocycles. The van der Waals surface area contributed by atoms with Crippen LogP contribution in [0, 0.1) is 24.0 Å². The molecule has 0 fully saturated rings. The summed E-state index contributed by atoms with van der Waals surface area (Å²) in [6.07, 6.45) is 0. The maximum atomic E-state index is 12.6. The highest BCUT2D eigenvalue weighted by Crippen LogP contribution is 2.24. The molecule has 1 heterocycles. The summed E-state index contributed by atoms with van der Waals surface area (Å²) in [5.41, 5.74) is 4.47. The molecule has 3 rings (SSSR count). The maximum Gasteiger partial charge on any atom is 0.343 e. The number of benzene rings is 2. The molecule has 1 amide bonds. The number of carbonyl (C=O) groups excluding carboxylic acids is 2. The van der Waals surface area contributed by atoms with E-state index in [1.807, 2.05) is 0 Å². The van der Waals surface area contributed by atoms with Gasteiger partial charge in [0, 0.05) is 0 Å². The molecule has 35 heavy (non-hydrogen) atoms. The van der Waals surface area contributed by atoms with Gasteiger partial charge in [-0.05, 0) is 81.8 Å². The lowest BCUT2D eigenvalue weighted by Gasteiger charge is -2.12. The molecule has 11 heteroatoms. The number of ether oxygens (including phenoxy) is 2. The van der Waals surface area contributed by atoms with Crippen molar-refractivity contribution in [2.45, 2.75) is 33.7 Å². The van der Waals surface area contributed by atoms with E-state index in [2.05, 4.69) is 15.6 Å². The summed E-state index contributed by atoms with van der Waals surface area (Å²) < 4.78 is 11.8. The van der Waals surface area contributed by atoms with Gasteiger partial charge in [0.1, 0.15) is 28.9 Å². The SMILES string of the molecule is COc1ccc(C(=O)Oc2ccc(/C(C)=N/NC(=O)C(C)n3nc(C)c([N+](=O)[O-])c3C)cc2)cc1. The molecule has 0 saturated heterocycles. The van der Waals surface area contributed by atoms with E-state index in [1.165, 1.54) is 11.6 Å². The molecule has 0 aliphatic heterocycles. The summed E-state index contributed by atoms with van der Waals surface area (Å²) >= 11 is 0. The van der Waals surface area contributed by atoms with Gasteiger partial charge in [0.2, 0.25) is 0 Å². The minimum atomic E-state index is -0.807. The Morgan fingerprint density at radius 1 is 1.06 bits per heavy atom. The van der Waals surface area contributed by atoms with Gasteiger partial charge in [0.05, 0.1) is 23.3 Å². The van der Waals surface area contributed by atoms with E-state index in [1.54, 1.807) is 76.4 Å². The first-order valence-corrected chi connectivity index (χ1v) is 10.6. The van der Waals surface area contributed by atoms with Crippen LogP contribution >= 0.6 is 0 Å². The molecule has 11 nitrogen and oxygen atoms in total. The third-order valence-corrected chi connectivity index (χ3v) is 5.36. The van der Waals surface area contributed by atoms with Crippen molar-refractivity contribution in [2.24, 2.45) is 5.10 Å². The van der Waals surface area contributed by atoms with Crippen molar-refractivity contribution >= 4 is 23.3 Å². The normalized spacial score (nSPS) is 12.1. The van der Waals surface area contributed by atoms with E-state index in [0.29, 0.717) is 28.3 Å². The second kappa shape index (κ2) is 10.6. The number of nitrogens with zero attached hydrogens (tertiary/aromatic N) is 4. The molecule has 1 atom stereocenters. The predicted octanol–water partition coefficient (Wildman–Crippen LogP) is 3.74. The van der Waals surface area contributed by atoms with Crippen molar-refractivity contribution in [2.75, 3.05) is 7.11 Å². The second-order valence-electron chi connectivity index (χ2n) is 7.71. The van der Waals surface area contributed by atoms with Crippen LogP contribution < -0.4 is 14.9 Å². The topological polar surface area (TPSA) is 138 Å². The van der Waals surface area contributed by atoms with Crippen molar-refractivity contribution in [1.29, 1.82) is 0 Å². The fraction of sp³-hybridized carbons (Fsp3) is 0.250. The Bertz CT molecular complexity index is 1280. The van der Waals surface area contributed by atoms with E-state index in [9.17, 15) is 19.7 Å². The number of esters is 1. The molecular weight excluding hydrogens is 454 g/mol. The van der Waals surface area contributed by atoms with Crippen LogP contribution in [0.1, 0.15) is 47.2 Å². The minimum absolute atomic E-state index is 0.114. The number of hydrogen-bond donors (Lipinski definition) is 1. The van der Waals surface area contributed by atoms with Crippen LogP contribution in [0.5, 0.6) is 11.5 Å². The van der Waals surface area contributed by atoms with E-state index in [4.69, 9.17) is 9.47 Å². The zero-order chi connectivity index (χ0) is 25.7. The summed E-state index contributed by atoms with van der Waals surface area (Å²) in [7, 11) is 1.54. The van der Waals surface area contributed by atoms with E-state index in [0.717, 1.165) is 0 Å². The number of carbonyl (C=O) groups is 2. The summed E-state index contributed by atoms with van der Waals surface area (Å²) in [5, 5.41) is 19.4. The molecule has 0 aliphatic rings. The third-order valence-electron chi connectivity index (χ3n) is 5.36. The molecule has 1 N–H and O–H groups in total. The lowest BCUT2D eigenvalue weighted by atomic mass is 10.1. The van der Waals surface area contributed by atoms with Crippen LogP contribution in [0.3, 0.4) is 0 Å². The highest BCUT2D eigenvalue weighted by molar-refractivity contribution is 5.99. The number of methoxy groups -OCH3 is 1. The number of aryl methyl sites for hydroxylation is 1. The van der Waals surface area contributed by atoms with Gasteiger partial charge in [-0.1, -0.05) is 0 Å². The molecule has 1 aromatic heterocycles. The van der Waals surface area contributed by atoms with Crippen LogP contribution in [0.15, 0.2) is 53.6 Å². The van der Waals surface area contributed by atoms with Crippen LogP contribution in [-0.4, -0.2) is 39.4 Å². The quantitative estimate of drug-likeness (QED) is 0.171. The monoisotopic (exact) mass is 479 g/mol. The first-order valence-electron chi connectivity index (χ1n) is 10.6. The lowest BCUT2D eigenvalue weighted by molar-refractivity contribution is -0.386. The fourth-order valence-corrected chi connectivity index (χ4v) is 3.36. The zero-order valence-corrected chi connectivity index (χ0v) is 19.9. The maximum absolute atomic E-state index is 12.6. The van der Waals surface area contributed by atoms with Crippen LogP contribution in [0.25, 0.3) is 0 Å². The first-order chi connectivity index (χ1) is 16.6. The van der Waals surface area contributed by atoms with Gasteiger partial charge >= 0.3 is 11.7 Å². The Morgan fingerprint density at radius 2 is 1.63 bits per heavy atom. The number of nitro groups is 1. The lowest BCUT2D eigenvalue weighted by Crippen LogP contribution is -2.29. The largest absolute Gasteiger partial charge is 0.497 e. The Labute approximate surface area is 201 Å². The molecule has 0 bridgehead atoms. The van der Waals surface area contributed by atoms with Gasteiger partial charge in [-0.3, -0.25) is 19.6 Å². The minimum Gasteiger partial charge on any atom is -0.497 e. The number of amides is 1. The molecule has 0 spiro atoms. The van der Waals surface area contributed by atoms with Gasteiger partial charge in [0.15, 0.2) is 0 Å². The predicted molar refractivity (Wildman–Crippen MR) is 128 cm³/mol. The zero-order valence-electron chi connectivity index (χ0n) is 19.9. The summed E-state index contributed by atoms with van der Waals surface area (Å²) in [6.45, 7) is 6.35. The summed E-state index contributed by atoms with van der Waals surface area (Å²) in [6, 6.07) is 12.4. The average Bonchev–Trinajstić information content (AvgIpc) is 3.15. The summed E-state index contributed by atoms with van der Waals surface area (Å²) in [4.78, 5) is 35.5. The number of aromatic nitrogens is 2. The number of hydrogen-bond acceptors (Lipinski definition) is 8. The summed E-state index contributed by atoms with van der Waals surface area (Å²) in [5.74, 6) is 0.0100. The van der Waals surface area contributed by atoms with Crippen LogP contribution in [-0.2, 0) is 4.79 Å². The number of rotatable bonds is 8. The van der Waals surface area contributed by atoms with E-state index < -0.39 is 22.8 Å². The standard InChI is InChI=1S/C24H25N5O6/c1-14(25-26-23(30)17(4)28-16(3)22(29(32)33)15(2)27-28)18-6-12-21(13-7-18)35-24(31)19-8-10-20(34-5)11-9-19/h6-13,17H,1-5H3,(H,26,30)/b25-14+. The van der Waals surface area contributed by atoms with Crippen molar-refractivity contribution in [3.8, 4) is 11.5 Å². The van der Waals surface area contributed by atoms with Crippen molar-refractivity contribution < 1.29 is 24.0 Å². The average molecular weight is 479 g/mol. The highest BCUT2D eigenvalue weighted by atomic mass is 16.6. The Morgan fingerprint density at radius 3 is 2.17 bits per heavy atom. The Balaban J connectivity index is 1.63. The molecule has 182 valence electrons. The first kappa shape index (κ1) is 25.1. The van der Waals surface area contributed by atoms with E-state index in [-0.39, 0.29) is 17.1 Å². The smallest absolute Gasteiger partial charge is 0.343 e. The van der Waals surface area contributed by atoms with Gasteiger partial charge in [-0.2, -0.15) is 10.2 Å². The Hall–Kier alpha value is -4.54. The Kier molecular flexibility index (Phi) is 7.59. The van der Waals surface area contributed by atoms with Crippen molar-refractivity contribution in [3.05, 3.63) is 81.2 Å². The fourth-order valence-electron chi connectivity index (χ4n) is 3.36. The highest BCUT2D eigenvalue weighted by Gasteiger charge is 2.27.